The number of amides is 1. The summed E-state index contributed by atoms with van der Waals surface area (Å²) in [5, 5.41) is 23.1. The lowest BCUT2D eigenvalue weighted by Crippen LogP contribution is -2.35. The van der Waals surface area contributed by atoms with Crippen molar-refractivity contribution < 1.29 is 37.5 Å². The number of aliphatic imine (C=N–C) groups is 1. The van der Waals surface area contributed by atoms with Crippen molar-refractivity contribution in [2.45, 2.75) is 57.3 Å². The molecule has 0 unspecified atom stereocenters. The number of alkyl halides is 3. The van der Waals surface area contributed by atoms with E-state index in [-0.39, 0.29) is 31.0 Å². The number of halogens is 3. The van der Waals surface area contributed by atoms with Crippen molar-refractivity contribution in [2.24, 2.45) is 4.99 Å². The first-order valence-electron chi connectivity index (χ1n) is 14.5. The summed E-state index contributed by atoms with van der Waals surface area (Å²) in [5.74, 6) is -1.42. The molecule has 238 valence electrons. The molecule has 0 aliphatic heterocycles. The van der Waals surface area contributed by atoms with Gasteiger partial charge in [0.15, 0.2) is 5.84 Å². The summed E-state index contributed by atoms with van der Waals surface area (Å²) < 4.78 is 41.8. The van der Waals surface area contributed by atoms with Crippen LogP contribution in [0.4, 0.5) is 24.5 Å². The summed E-state index contributed by atoms with van der Waals surface area (Å²) in [4.78, 5) is 40.5. The molecule has 0 radical (unpaired) electrons. The predicted molar refractivity (Wildman–Crippen MR) is 162 cm³/mol. The first kappa shape index (κ1) is 33.0. The predicted octanol–water partition coefficient (Wildman–Crippen LogP) is 6.85. The summed E-state index contributed by atoms with van der Waals surface area (Å²) in [6.07, 6.45) is 0.668. The van der Waals surface area contributed by atoms with E-state index in [2.05, 4.69) is 15.0 Å². The van der Waals surface area contributed by atoms with Gasteiger partial charge in [-0.25, -0.2) is 4.99 Å². The number of carboxylic acids is 1. The third kappa shape index (κ3) is 10.3. The molecular formula is C32H33F3N4O6. The first-order valence-corrected chi connectivity index (χ1v) is 14.5. The van der Waals surface area contributed by atoms with Gasteiger partial charge in [0.2, 0.25) is 0 Å². The Kier molecular flexibility index (Phi) is 11.1. The van der Waals surface area contributed by atoms with Crippen LogP contribution in [0.15, 0.2) is 77.8 Å². The molecule has 1 aliphatic rings. The lowest BCUT2D eigenvalue weighted by molar-refractivity contribution is -0.463. The van der Waals surface area contributed by atoms with Crippen LogP contribution in [0.2, 0.25) is 0 Å². The number of amidine groups is 1. The van der Waals surface area contributed by atoms with Gasteiger partial charge in [-0.05, 0) is 78.4 Å². The van der Waals surface area contributed by atoms with Crippen LogP contribution in [0.5, 0.6) is 5.75 Å². The fraction of sp³-hybridized carbons (Fsp3) is 0.344. The number of nitro groups is 1. The van der Waals surface area contributed by atoms with E-state index in [0.717, 1.165) is 25.0 Å². The normalized spacial score (nSPS) is 14.1. The number of hydrogen-bond donors (Lipinski definition) is 2. The maximum Gasteiger partial charge on any atom is 0.573 e. The highest BCUT2D eigenvalue weighted by atomic mass is 19.4. The van der Waals surface area contributed by atoms with Gasteiger partial charge in [0.1, 0.15) is 5.75 Å². The van der Waals surface area contributed by atoms with Crippen molar-refractivity contribution in [1.29, 1.82) is 0 Å². The highest BCUT2D eigenvalue weighted by molar-refractivity contribution is 6.00. The molecule has 2 N–H and O–H groups in total. The van der Waals surface area contributed by atoms with Crippen LogP contribution in [-0.4, -0.2) is 47.2 Å². The fourth-order valence-electron chi connectivity index (χ4n) is 5.19. The van der Waals surface area contributed by atoms with Crippen molar-refractivity contribution in [3.05, 3.63) is 99.6 Å². The smallest absolute Gasteiger partial charge is 0.481 e. The molecule has 1 aliphatic carbocycles. The van der Waals surface area contributed by atoms with Crippen LogP contribution in [0.3, 0.4) is 0 Å². The Balaban J connectivity index is 1.64. The topological polar surface area (TPSA) is 134 Å². The molecule has 45 heavy (non-hydrogen) atoms. The largest absolute Gasteiger partial charge is 0.573 e. The average molecular weight is 627 g/mol. The maximum atomic E-state index is 12.6. The van der Waals surface area contributed by atoms with Gasteiger partial charge in [0.05, 0.1) is 12.1 Å². The molecule has 4 rings (SSSR count). The number of ether oxygens (including phenoxy) is 1. The number of hydrogen-bond acceptors (Lipinski definition) is 6. The molecule has 0 bridgehead atoms. The molecule has 1 saturated carbocycles. The van der Waals surface area contributed by atoms with Crippen molar-refractivity contribution in [3.63, 3.8) is 0 Å². The van der Waals surface area contributed by atoms with Crippen molar-refractivity contribution in [2.75, 3.05) is 18.0 Å². The molecule has 3 aromatic rings. The number of nitrogens with one attached hydrogen (secondary N) is 1. The van der Waals surface area contributed by atoms with Gasteiger partial charge in [0.25, 0.3) is 12.5 Å². The summed E-state index contributed by atoms with van der Waals surface area (Å²) in [6, 6.07) is 19.0. The van der Waals surface area contributed by atoms with Gasteiger partial charge in [0, 0.05) is 29.3 Å². The number of carbonyl (C=O) groups excluding carboxylic acids is 1. The van der Waals surface area contributed by atoms with Crippen LogP contribution in [0, 0.1) is 10.1 Å². The minimum atomic E-state index is -4.86. The summed E-state index contributed by atoms with van der Waals surface area (Å²) in [7, 11) is 0. The third-order valence-corrected chi connectivity index (χ3v) is 7.37. The molecule has 0 saturated heterocycles. The Morgan fingerprint density at radius 1 is 0.978 bits per heavy atom. The third-order valence-electron chi connectivity index (χ3n) is 7.37. The molecule has 13 heteroatoms. The van der Waals surface area contributed by atoms with E-state index < -0.39 is 35.5 Å². The van der Waals surface area contributed by atoms with Crippen LogP contribution in [0.25, 0.3) is 0 Å². The Bertz CT molecular complexity index is 1490. The second-order valence-corrected chi connectivity index (χ2v) is 10.7. The summed E-state index contributed by atoms with van der Waals surface area (Å²) in [5.41, 5.74) is 3.01. The second kappa shape index (κ2) is 15.2. The van der Waals surface area contributed by atoms with Crippen LogP contribution >= 0.6 is 0 Å². The zero-order valence-corrected chi connectivity index (χ0v) is 24.3. The lowest BCUT2D eigenvalue weighted by Gasteiger charge is -2.26. The standard InChI is InChI=1S/C32H33F3N4O6/c33-32(34,35)45-28-16-12-26(13-17-28)37-29(21-39(43)44)38(27-14-10-24(11-15-27)23-4-2-1-3-5-23)20-22-6-8-25(9-7-22)31(42)36-19-18-30(40)41/h6-17,23H,1-5,18-21H2,(H,36,42)(H,40,41). The molecule has 0 atom stereocenters. The van der Waals surface area contributed by atoms with Gasteiger partial charge < -0.3 is 20.1 Å². The molecule has 1 fully saturated rings. The minimum absolute atomic E-state index is 0.0232. The minimum Gasteiger partial charge on any atom is -0.481 e. The fourth-order valence-corrected chi connectivity index (χ4v) is 5.19. The number of rotatable bonds is 12. The summed E-state index contributed by atoms with van der Waals surface area (Å²) in [6.45, 7) is -0.564. The number of nitrogens with zero attached hydrogens (tertiary/aromatic N) is 3. The van der Waals surface area contributed by atoms with E-state index in [1.165, 1.54) is 37.0 Å². The van der Waals surface area contributed by atoms with Crippen molar-refractivity contribution in [1.82, 2.24) is 5.32 Å². The van der Waals surface area contributed by atoms with E-state index in [0.29, 0.717) is 22.7 Å². The number of benzene rings is 3. The first-order chi connectivity index (χ1) is 21.5. The van der Waals surface area contributed by atoms with Gasteiger partial charge in [-0.2, -0.15) is 0 Å². The zero-order chi connectivity index (χ0) is 32.4. The number of aliphatic carboxylic acids is 1. The van der Waals surface area contributed by atoms with E-state index in [1.54, 1.807) is 29.2 Å². The second-order valence-electron chi connectivity index (χ2n) is 10.7. The van der Waals surface area contributed by atoms with Crippen molar-refractivity contribution in [3.8, 4) is 5.75 Å². The number of anilines is 1. The maximum absolute atomic E-state index is 12.6. The monoisotopic (exact) mass is 626 g/mol. The molecule has 0 heterocycles. The van der Waals surface area contributed by atoms with Crippen LogP contribution in [-0.2, 0) is 11.3 Å². The van der Waals surface area contributed by atoms with E-state index in [1.807, 2.05) is 24.3 Å². The molecule has 0 aromatic heterocycles. The highest BCUT2D eigenvalue weighted by Gasteiger charge is 2.31. The van der Waals surface area contributed by atoms with Crippen molar-refractivity contribution >= 4 is 29.1 Å². The SMILES string of the molecule is O=C(O)CCNC(=O)c1ccc(CN(C(C[N+](=O)[O-])=Nc2ccc(OC(F)(F)F)cc2)c2ccc(C3CCCCC3)cc2)cc1. The average Bonchev–Trinajstić information content (AvgIpc) is 3.00. The Morgan fingerprint density at radius 2 is 1.62 bits per heavy atom. The van der Waals surface area contributed by atoms with Gasteiger partial charge in [-0.1, -0.05) is 43.5 Å². The quantitative estimate of drug-likeness (QED) is 0.0972. The highest BCUT2D eigenvalue weighted by Crippen LogP contribution is 2.34. The molecule has 1 amide bonds. The molecule has 10 nitrogen and oxygen atoms in total. The van der Waals surface area contributed by atoms with E-state index in [9.17, 15) is 32.9 Å². The Morgan fingerprint density at radius 3 is 2.20 bits per heavy atom. The van der Waals surface area contributed by atoms with Gasteiger partial charge in [-0.15, -0.1) is 13.2 Å². The number of carboxylic acid groups (broad SMARTS) is 1. The number of carbonyl (C=O) groups is 2. The lowest BCUT2D eigenvalue weighted by atomic mass is 9.84. The van der Waals surface area contributed by atoms with Gasteiger partial charge >= 0.3 is 12.3 Å². The Hall–Kier alpha value is -4.94. The van der Waals surface area contributed by atoms with Crippen LogP contribution < -0.4 is 15.0 Å². The Labute approximate surface area is 257 Å². The molecular weight excluding hydrogens is 593 g/mol. The zero-order valence-electron chi connectivity index (χ0n) is 24.3. The molecule has 3 aromatic carbocycles. The van der Waals surface area contributed by atoms with Gasteiger partial charge in [-0.3, -0.25) is 19.7 Å². The van der Waals surface area contributed by atoms with E-state index in [4.69, 9.17) is 5.11 Å². The van der Waals surface area contributed by atoms with Crippen LogP contribution in [0.1, 0.15) is 65.9 Å². The van der Waals surface area contributed by atoms with E-state index >= 15 is 0 Å². The molecule has 0 spiro atoms. The summed E-state index contributed by atoms with van der Waals surface area (Å²) >= 11 is 0.